The second-order valence-corrected chi connectivity index (χ2v) is 7.16. The van der Waals surface area contributed by atoms with Gasteiger partial charge in [0.1, 0.15) is 5.75 Å². The first-order valence-corrected chi connectivity index (χ1v) is 9.93. The van der Waals surface area contributed by atoms with Crippen molar-refractivity contribution < 1.29 is 4.74 Å². The number of fused-ring (bicyclic) bond motifs is 1. The lowest BCUT2D eigenvalue weighted by Gasteiger charge is -2.12. The summed E-state index contributed by atoms with van der Waals surface area (Å²) in [5, 5.41) is 6.69. The summed E-state index contributed by atoms with van der Waals surface area (Å²) >= 11 is 0. The number of hydrogen-bond acceptors (Lipinski definition) is 7. The predicted molar refractivity (Wildman–Crippen MR) is 118 cm³/mol. The zero-order valence-electron chi connectivity index (χ0n) is 17.3. The number of imidazole rings is 1. The summed E-state index contributed by atoms with van der Waals surface area (Å²) in [5.41, 5.74) is 3.45. The van der Waals surface area contributed by atoms with Crippen LogP contribution in [-0.2, 0) is 6.42 Å². The van der Waals surface area contributed by atoms with Crippen LogP contribution in [0, 0.1) is 0 Å². The van der Waals surface area contributed by atoms with Gasteiger partial charge in [0, 0.05) is 36.6 Å². The molecule has 0 bridgehead atoms. The predicted octanol–water partition coefficient (Wildman–Crippen LogP) is 4.21. The monoisotopic (exact) mass is 403 g/mol. The number of nitrogens with zero attached hydrogens (tertiary/aromatic N) is 5. The van der Waals surface area contributed by atoms with Gasteiger partial charge < -0.3 is 19.9 Å². The van der Waals surface area contributed by atoms with Gasteiger partial charge in [-0.1, -0.05) is 6.07 Å². The summed E-state index contributed by atoms with van der Waals surface area (Å²) in [6.07, 6.45) is 4.41. The molecule has 30 heavy (non-hydrogen) atoms. The van der Waals surface area contributed by atoms with Crippen LogP contribution in [0.3, 0.4) is 0 Å². The van der Waals surface area contributed by atoms with E-state index < -0.39 is 0 Å². The number of pyridine rings is 1. The Labute approximate surface area is 175 Å². The number of anilines is 3. The smallest absolute Gasteiger partial charge is 0.231 e. The zero-order valence-corrected chi connectivity index (χ0v) is 17.3. The number of hydrogen-bond donors (Lipinski definition) is 2. The van der Waals surface area contributed by atoms with Crippen LogP contribution in [0.15, 0.2) is 55.0 Å². The molecule has 3 heterocycles. The van der Waals surface area contributed by atoms with Crippen LogP contribution < -0.4 is 15.4 Å². The topological polar surface area (TPSA) is 89.8 Å². The minimum absolute atomic E-state index is 0.236. The van der Waals surface area contributed by atoms with E-state index >= 15 is 0 Å². The van der Waals surface area contributed by atoms with Gasteiger partial charge in [0.2, 0.25) is 5.95 Å². The van der Waals surface area contributed by atoms with Crippen molar-refractivity contribution in [1.82, 2.24) is 24.5 Å². The Balaban J connectivity index is 1.61. The Morgan fingerprint density at radius 1 is 1.03 bits per heavy atom. The number of benzene rings is 1. The molecule has 0 spiro atoms. The molecule has 0 aliphatic carbocycles. The molecule has 0 saturated heterocycles. The number of aromatic nitrogens is 5. The fourth-order valence-corrected chi connectivity index (χ4v) is 3.13. The molecule has 1 aromatic carbocycles. The Kier molecular flexibility index (Phi) is 5.74. The van der Waals surface area contributed by atoms with Crippen molar-refractivity contribution in [3.63, 3.8) is 0 Å². The first kappa shape index (κ1) is 19.6. The molecule has 0 aliphatic rings. The standard InChI is InChI=1S/C22H25N7O/c1-15(2)29-14-25-19-20(24-13-11-16-6-4-5-12-23-16)27-22(28-21(19)29)26-17-7-9-18(30-3)10-8-17/h4-10,12,14-15H,11,13H2,1-3H3,(H2,24,26,27,28). The van der Waals surface area contributed by atoms with Gasteiger partial charge in [0.25, 0.3) is 0 Å². The SMILES string of the molecule is COc1ccc(Nc2nc(NCCc3ccccn3)c3ncn(C(C)C)c3n2)cc1. The maximum Gasteiger partial charge on any atom is 0.231 e. The molecule has 4 rings (SSSR count). The van der Waals surface area contributed by atoms with E-state index in [2.05, 4.69) is 39.4 Å². The Hall–Kier alpha value is -3.68. The van der Waals surface area contributed by atoms with E-state index in [1.807, 2.05) is 53.4 Å². The van der Waals surface area contributed by atoms with E-state index in [0.29, 0.717) is 18.3 Å². The first-order valence-electron chi connectivity index (χ1n) is 9.93. The molecule has 0 unspecified atom stereocenters. The van der Waals surface area contributed by atoms with Crippen LogP contribution in [0.1, 0.15) is 25.6 Å². The highest BCUT2D eigenvalue weighted by Crippen LogP contribution is 2.25. The minimum atomic E-state index is 0.236. The maximum absolute atomic E-state index is 5.22. The Bertz CT molecular complexity index is 1110. The maximum atomic E-state index is 5.22. The van der Waals surface area contributed by atoms with Gasteiger partial charge in [0.15, 0.2) is 17.0 Å². The molecule has 2 N–H and O–H groups in total. The lowest BCUT2D eigenvalue weighted by Crippen LogP contribution is -2.10. The highest BCUT2D eigenvalue weighted by Gasteiger charge is 2.15. The third kappa shape index (κ3) is 4.32. The molecule has 0 amide bonds. The number of methoxy groups -OCH3 is 1. The molecule has 3 aromatic heterocycles. The molecule has 0 aliphatic heterocycles. The molecule has 154 valence electrons. The summed E-state index contributed by atoms with van der Waals surface area (Å²) in [7, 11) is 1.65. The second kappa shape index (κ2) is 8.77. The summed E-state index contributed by atoms with van der Waals surface area (Å²) in [6, 6.07) is 13.8. The largest absolute Gasteiger partial charge is 0.497 e. The fourth-order valence-electron chi connectivity index (χ4n) is 3.13. The van der Waals surface area contributed by atoms with Crippen LogP contribution >= 0.6 is 0 Å². The van der Waals surface area contributed by atoms with Crippen LogP contribution in [0.2, 0.25) is 0 Å². The fraction of sp³-hybridized carbons (Fsp3) is 0.273. The molecular weight excluding hydrogens is 378 g/mol. The lowest BCUT2D eigenvalue weighted by molar-refractivity contribution is 0.415. The lowest BCUT2D eigenvalue weighted by atomic mass is 10.3. The van der Waals surface area contributed by atoms with Crippen molar-refractivity contribution in [1.29, 1.82) is 0 Å². The first-order chi connectivity index (χ1) is 14.6. The van der Waals surface area contributed by atoms with Crippen LogP contribution in [0.4, 0.5) is 17.5 Å². The van der Waals surface area contributed by atoms with Crippen molar-refractivity contribution in [3.05, 3.63) is 60.7 Å². The summed E-state index contributed by atoms with van der Waals surface area (Å²) in [6.45, 7) is 4.90. The van der Waals surface area contributed by atoms with E-state index in [-0.39, 0.29) is 6.04 Å². The van der Waals surface area contributed by atoms with E-state index in [0.717, 1.165) is 34.7 Å². The van der Waals surface area contributed by atoms with Gasteiger partial charge in [-0.05, 0) is 50.2 Å². The Morgan fingerprint density at radius 2 is 1.87 bits per heavy atom. The quantitative estimate of drug-likeness (QED) is 0.455. The van der Waals surface area contributed by atoms with Crippen LogP contribution in [0.25, 0.3) is 11.2 Å². The van der Waals surface area contributed by atoms with Crippen molar-refractivity contribution in [2.24, 2.45) is 0 Å². The van der Waals surface area contributed by atoms with Crippen molar-refractivity contribution in [2.45, 2.75) is 26.3 Å². The average Bonchev–Trinajstić information content (AvgIpc) is 3.19. The summed E-state index contributed by atoms with van der Waals surface area (Å²) < 4.78 is 7.26. The normalized spacial score (nSPS) is 11.1. The number of rotatable bonds is 8. The van der Waals surface area contributed by atoms with Gasteiger partial charge >= 0.3 is 0 Å². The molecule has 8 heteroatoms. The highest BCUT2D eigenvalue weighted by atomic mass is 16.5. The number of ether oxygens (including phenoxy) is 1. The van der Waals surface area contributed by atoms with Crippen molar-refractivity contribution in [3.8, 4) is 5.75 Å². The molecule has 0 atom stereocenters. The average molecular weight is 403 g/mol. The zero-order chi connectivity index (χ0) is 20.9. The van der Waals surface area contributed by atoms with E-state index in [4.69, 9.17) is 9.72 Å². The Morgan fingerprint density at radius 3 is 2.57 bits per heavy atom. The molecule has 0 fully saturated rings. The minimum Gasteiger partial charge on any atom is -0.497 e. The van der Waals surface area contributed by atoms with Gasteiger partial charge in [-0.25, -0.2) is 4.98 Å². The van der Waals surface area contributed by atoms with E-state index in [9.17, 15) is 0 Å². The third-order valence-corrected chi connectivity index (χ3v) is 4.72. The molecule has 0 radical (unpaired) electrons. The van der Waals surface area contributed by atoms with Crippen molar-refractivity contribution in [2.75, 3.05) is 24.3 Å². The summed E-state index contributed by atoms with van der Waals surface area (Å²) in [5.74, 6) is 2.01. The van der Waals surface area contributed by atoms with E-state index in [1.165, 1.54) is 0 Å². The van der Waals surface area contributed by atoms with Gasteiger partial charge in [-0.3, -0.25) is 4.98 Å². The molecule has 0 saturated carbocycles. The number of nitrogens with one attached hydrogen (secondary N) is 2. The van der Waals surface area contributed by atoms with Gasteiger partial charge in [0.05, 0.1) is 13.4 Å². The third-order valence-electron chi connectivity index (χ3n) is 4.72. The second-order valence-electron chi connectivity index (χ2n) is 7.16. The van der Waals surface area contributed by atoms with Gasteiger partial charge in [-0.15, -0.1) is 0 Å². The highest BCUT2D eigenvalue weighted by molar-refractivity contribution is 5.84. The molecule has 4 aromatic rings. The van der Waals surface area contributed by atoms with Crippen LogP contribution in [-0.4, -0.2) is 38.2 Å². The van der Waals surface area contributed by atoms with E-state index in [1.54, 1.807) is 13.3 Å². The molecular formula is C22H25N7O. The van der Waals surface area contributed by atoms with Crippen LogP contribution in [0.5, 0.6) is 5.75 Å². The molecule has 8 nitrogen and oxygen atoms in total. The summed E-state index contributed by atoms with van der Waals surface area (Å²) in [4.78, 5) is 18.3. The van der Waals surface area contributed by atoms with Gasteiger partial charge in [-0.2, -0.15) is 9.97 Å². The van der Waals surface area contributed by atoms with Crippen molar-refractivity contribution >= 4 is 28.6 Å².